The van der Waals surface area contributed by atoms with Crippen LogP contribution in [0.1, 0.15) is 18.2 Å². The molecule has 2 aromatic carbocycles. The van der Waals surface area contributed by atoms with Crippen molar-refractivity contribution in [3.05, 3.63) is 78.3 Å². The monoisotopic (exact) mass is 459 g/mol. The molecule has 1 amide bonds. The van der Waals surface area contributed by atoms with Crippen molar-refractivity contribution in [3.63, 3.8) is 0 Å². The number of hydrogen-bond donors (Lipinski definition) is 1. The minimum absolute atomic E-state index is 0.203. The van der Waals surface area contributed by atoms with Crippen molar-refractivity contribution in [1.29, 1.82) is 5.26 Å². The van der Waals surface area contributed by atoms with Crippen LogP contribution in [0, 0.1) is 11.3 Å². The number of amides is 1. The van der Waals surface area contributed by atoms with Gasteiger partial charge in [0.1, 0.15) is 11.5 Å². The molecule has 33 heavy (non-hydrogen) atoms. The molecule has 0 saturated carbocycles. The summed E-state index contributed by atoms with van der Waals surface area (Å²) in [5.74, 6) is 1.89. The van der Waals surface area contributed by atoms with Gasteiger partial charge in [0, 0.05) is 11.3 Å². The van der Waals surface area contributed by atoms with Crippen molar-refractivity contribution < 1.29 is 13.9 Å². The van der Waals surface area contributed by atoms with Gasteiger partial charge in [0.25, 0.3) is 0 Å². The highest BCUT2D eigenvalue weighted by molar-refractivity contribution is 8.00. The molecule has 0 spiro atoms. The van der Waals surface area contributed by atoms with E-state index >= 15 is 0 Å². The van der Waals surface area contributed by atoms with E-state index in [-0.39, 0.29) is 5.91 Å². The summed E-state index contributed by atoms with van der Waals surface area (Å²) in [5.41, 5.74) is 1.89. The molecule has 4 rings (SSSR count). The first kappa shape index (κ1) is 22.2. The SMILES string of the molecule is COc1cccc(-c2nnc(S[C@@H](C)C(=O)Nc3cccc(C#N)c3)n2Cc2ccco2)c1. The predicted molar refractivity (Wildman–Crippen MR) is 125 cm³/mol. The molecule has 1 atom stereocenters. The van der Waals surface area contributed by atoms with Gasteiger partial charge in [0.05, 0.1) is 36.8 Å². The van der Waals surface area contributed by atoms with E-state index in [0.717, 1.165) is 11.3 Å². The third-order valence-electron chi connectivity index (χ3n) is 4.85. The number of nitrogens with zero attached hydrogens (tertiary/aromatic N) is 4. The van der Waals surface area contributed by atoms with E-state index in [1.165, 1.54) is 11.8 Å². The zero-order valence-electron chi connectivity index (χ0n) is 18.1. The van der Waals surface area contributed by atoms with Crippen LogP contribution in [-0.4, -0.2) is 33.0 Å². The quantitative estimate of drug-likeness (QED) is 0.384. The van der Waals surface area contributed by atoms with Crippen molar-refractivity contribution in [2.75, 3.05) is 12.4 Å². The van der Waals surface area contributed by atoms with Crippen LogP contribution in [0.2, 0.25) is 0 Å². The fourth-order valence-electron chi connectivity index (χ4n) is 3.17. The van der Waals surface area contributed by atoms with Crippen molar-refractivity contribution in [2.24, 2.45) is 0 Å². The second-order valence-electron chi connectivity index (χ2n) is 7.15. The van der Waals surface area contributed by atoms with Crippen LogP contribution in [0.3, 0.4) is 0 Å². The number of benzene rings is 2. The van der Waals surface area contributed by atoms with E-state index in [4.69, 9.17) is 14.4 Å². The fraction of sp³-hybridized carbons (Fsp3) is 0.167. The number of methoxy groups -OCH3 is 1. The molecule has 9 heteroatoms. The van der Waals surface area contributed by atoms with E-state index in [0.29, 0.717) is 34.5 Å². The number of nitriles is 1. The van der Waals surface area contributed by atoms with Crippen LogP contribution in [0.25, 0.3) is 11.4 Å². The molecule has 0 aliphatic carbocycles. The Morgan fingerprint density at radius 2 is 2.06 bits per heavy atom. The lowest BCUT2D eigenvalue weighted by Crippen LogP contribution is -2.23. The van der Waals surface area contributed by atoms with Gasteiger partial charge in [-0.25, -0.2) is 0 Å². The number of carbonyl (C=O) groups is 1. The zero-order valence-corrected chi connectivity index (χ0v) is 18.9. The first-order valence-electron chi connectivity index (χ1n) is 10.1. The molecule has 2 aromatic heterocycles. The van der Waals surface area contributed by atoms with Gasteiger partial charge in [-0.05, 0) is 49.4 Å². The number of thioether (sulfide) groups is 1. The van der Waals surface area contributed by atoms with E-state index in [1.807, 2.05) is 41.0 Å². The number of nitrogens with one attached hydrogen (secondary N) is 1. The summed E-state index contributed by atoms with van der Waals surface area (Å²) < 4.78 is 12.8. The largest absolute Gasteiger partial charge is 0.497 e. The maximum absolute atomic E-state index is 12.8. The van der Waals surface area contributed by atoms with Crippen molar-refractivity contribution in [1.82, 2.24) is 14.8 Å². The number of rotatable bonds is 8. The fourth-order valence-corrected chi connectivity index (χ4v) is 4.02. The Morgan fingerprint density at radius 3 is 2.82 bits per heavy atom. The molecule has 0 aliphatic rings. The summed E-state index contributed by atoms with van der Waals surface area (Å²) in [6, 6.07) is 20.1. The third kappa shape index (κ3) is 5.25. The first-order chi connectivity index (χ1) is 16.1. The smallest absolute Gasteiger partial charge is 0.237 e. The van der Waals surface area contributed by atoms with Crippen LogP contribution in [0.5, 0.6) is 5.75 Å². The zero-order chi connectivity index (χ0) is 23.2. The number of ether oxygens (including phenoxy) is 1. The Hall–Kier alpha value is -4.03. The molecule has 0 saturated heterocycles. The maximum atomic E-state index is 12.8. The Bertz CT molecular complexity index is 1290. The standard InChI is InChI=1S/C24H21N5O3S/c1-16(23(30)26-19-8-3-6-17(12-19)14-25)33-24-28-27-22(18-7-4-9-20(13-18)31-2)29(24)15-21-10-5-11-32-21/h3-13,16H,15H2,1-2H3,(H,26,30)/t16-/m0/s1. The van der Waals surface area contributed by atoms with Gasteiger partial charge in [0.15, 0.2) is 11.0 Å². The molecule has 166 valence electrons. The number of carbonyl (C=O) groups excluding carboxylic acids is 1. The van der Waals surface area contributed by atoms with Crippen LogP contribution < -0.4 is 10.1 Å². The van der Waals surface area contributed by atoms with Gasteiger partial charge in [-0.2, -0.15) is 5.26 Å². The summed E-state index contributed by atoms with van der Waals surface area (Å²) in [4.78, 5) is 12.8. The van der Waals surface area contributed by atoms with Crippen molar-refractivity contribution in [2.45, 2.75) is 23.9 Å². The molecule has 1 N–H and O–H groups in total. The van der Waals surface area contributed by atoms with Gasteiger partial charge in [-0.3, -0.25) is 9.36 Å². The van der Waals surface area contributed by atoms with Crippen LogP contribution in [-0.2, 0) is 11.3 Å². The van der Waals surface area contributed by atoms with Gasteiger partial charge >= 0.3 is 0 Å². The van der Waals surface area contributed by atoms with Gasteiger partial charge < -0.3 is 14.5 Å². The predicted octanol–water partition coefficient (Wildman–Crippen LogP) is 4.59. The van der Waals surface area contributed by atoms with Crippen molar-refractivity contribution in [3.8, 4) is 23.2 Å². The van der Waals surface area contributed by atoms with Crippen LogP contribution >= 0.6 is 11.8 Å². The van der Waals surface area contributed by atoms with E-state index in [9.17, 15) is 4.79 Å². The number of anilines is 1. The average Bonchev–Trinajstić information content (AvgIpc) is 3.50. The molecule has 0 aliphatic heterocycles. The highest BCUT2D eigenvalue weighted by atomic mass is 32.2. The van der Waals surface area contributed by atoms with E-state index in [2.05, 4.69) is 21.6 Å². The first-order valence-corrected chi connectivity index (χ1v) is 11.0. The highest BCUT2D eigenvalue weighted by Crippen LogP contribution is 2.30. The number of aromatic nitrogens is 3. The number of hydrogen-bond acceptors (Lipinski definition) is 7. The lowest BCUT2D eigenvalue weighted by atomic mass is 10.2. The van der Waals surface area contributed by atoms with E-state index < -0.39 is 5.25 Å². The molecule has 0 bridgehead atoms. The Morgan fingerprint density at radius 1 is 1.21 bits per heavy atom. The normalized spacial score (nSPS) is 11.5. The lowest BCUT2D eigenvalue weighted by molar-refractivity contribution is -0.115. The average molecular weight is 460 g/mol. The van der Waals surface area contributed by atoms with Gasteiger partial charge in [-0.1, -0.05) is 30.0 Å². The maximum Gasteiger partial charge on any atom is 0.237 e. The summed E-state index contributed by atoms with van der Waals surface area (Å²) in [7, 11) is 1.61. The minimum Gasteiger partial charge on any atom is -0.497 e. The summed E-state index contributed by atoms with van der Waals surface area (Å²) >= 11 is 1.29. The molecule has 0 fully saturated rings. The summed E-state index contributed by atoms with van der Waals surface area (Å²) in [5, 5.41) is 20.8. The van der Waals surface area contributed by atoms with Crippen LogP contribution in [0.15, 0.2) is 76.5 Å². The third-order valence-corrected chi connectivity index (χ3v) is 5.93. The van der Waals surface area contributed by atoms with Crippen molar-refractivity contribution >= 4 is 23.4 Å². The van der Waals surface area contributed by atoms with Crippen LogP contribution in [0.4, 0.5) is 5.69 Å². The van der Waals surface area contributed by atoms with Gasteiger partial charge in [0.2, 0.25) is 5.91 Å². The molecular formula is C24H21N5O3S. The summed E-state index contributed by atoms with van der Waals surface area (Å²) in [6.07, 6.45) is 1.61. The molecule has 8 nitrogen and oxygen atoms in total. The second kappa shape index (κ2) is 10.1. The molecule has 2 heterocycles. The van der Waals surface area contributed by atoms with Gasteiger partial charge in [-0.15, -0.1) is 10.2 Å². The van der Waals surface area contributed by atoms with E-state index in [1.54, 1.807) is 44.6 Å². The minimum atomic E-state index is -0.464. The lowest BCUT2D eigenvalue weighted by Gasteiger charge is -2.13. The Kier molecular flexibility index (Phi) is 6.76. The topological polar surface area (TPSA) is 106 Å². The summed E-state index contributed by atoms with van der Waals surface area (Å²) in [6.45, 7) is 2.21. The Labute approximate surface area is 195 Å². The highest BCUT2D eigenvalue weighted by Gasteiger charge is 2.22. The molecule has 0 unspecified atom stereocenters. The Balaban J connectivity index is 1.59. The molecule has 4 aromatic rings. The molecular weight excluding hydrogens is 438 g/mol. The number of furan rings is 1. The molecule has 0 radical (unpaired) electrons. The second-order valence-corrected chi connectivity index (χ2v) is 8.45.